The first-order valence-corrected chi connectivity index (χ1v) is 9.03. The van der Waals surface area contributed by atoms with E-state index in [9.17, 15) is 9.59 Å². The Balaban J connectivity index is 1.68. The quantitative estimate of drug-likeness (QED) is 0.735. The second kappa shape index (κ2) is 7.56. The molecule has 0 saturated heterocycles. The fourth-order valence-electron chi connectivity index (χ4n) is 3.23. The molecule has 5 heteroatoms. The van der Waals surface area contributed by atoms with Crippen molar-refractivity contribution in [1.82, 2.24) is 0 Å². The lowest BCUT2D eigenvalue weighted by molar-refractivity contribution is 0.0932. The predicted octanol–water partition coefficient (Wildman–Crippen LogP) is 3.92. The lowest BCUT2D eigenvalue weighted by Gasteiger charge is -2.22. The molecule has 0 bridgehead atoms. The Morgan fingerprint density at radius 3 is 2.39 bits per heavy atom. The third-order valence-electron chi connectivity index (χ3n) is 4.69. The number of benzene rings is 3. The lowest BCUT2D eigenvalue weighted by atomic mass is 9.99. The molecule has 4 rings (SSSR count). The minimum atomic E-state index is -0.472. The highest BCUT2D eigenvalue weighted by molar-refractivity contribution is 5.99. The van der Waals surface area contributed by atoms with Crippen LogP contribution in [0.3, 0.4) is 0 Å². The molecular weight excluding hydrogens is 354 g/mol. The number of ether oxygens (including phenoxy) is 2. The van der Waals surface area contributed by atoms with Gasteiger partial charge in [0.05, 0.1) is 12.2 Å². The molecule has 28 heavy (non-hydrogen) atoms. The molecule has 0 aromatic heterocycles. The summed E-state index contributed by atoms with van der Waals surface area (Å²) in [5.41, 5.74) is 8.21. The molecule has 3 aromatic rings. The van der Waals surface area contributed by atoms with Crippen LogP contribution in [-0.4, -0.2) is 18.3 Å². The van der Waals surface area contributed by atoms with E-state index in [1.807, 2.05) is 42.5 Å². The van der Waals surface area contributed by atoms with Crippen LogP contribution >= 0.6 is 0 Å². The summed E-state index contributed by atoms with van der Waals surface area (Å²) < 4.78 is 11.9. The van der Waals surface area contributed by atoms with Gasteiger partial charge in [-0.25, -0.2) is 0 Å². The summed E-state index contributed by atoms with van der Waals surface area (Å²) >= 11 is 0. The number of carbonyl (C=O) groups is 2. The van der Waals surface area contributed by atoms with E-state index in [2.05, 4.69) is 0 Å². The number of hydrogen-bond donors (Lipinski definition) is 1. The highest BCUT2D eigenvalue weighted by Crippen LogP contribution is 2.33. The standard InChI is InChI=1S/C23H19NO4/c24-23(26)17-8-6-16(7-9-17)22(15-4-2-1-3-5-15)28-18-10-11-19-20(25)12-13-27-21(19)14-18/h1-11,14,22H,12-13H2,(H2,24,26)/t22-/m1/s1. The van der Waals surface area contributed by atoms with Gasteiger partial charge in [-0.15, -0.1) is 0 Å². The lowest BCUT2D eigenvalue weighted by Crippen LogP contribution is -2.16. The van der Waals surface area contributed by atoms with E-state index in [-0.39, 0.29) is 11.9 Å². The summed E-state index contributed by atoms with van der Waals surface area (Å²) in [6.45, 7) is 0.381. The van der Waals surface area contributed by atoms with Gasteiger partial charge in [0.25, 0.3) is 0 Å². The maximum absolute atomic E-state index is 12.0. The molecule has 0 saturated carbocycles. The Bertz CT molecular complexity index is 1010. The predicted molar refractivity (Wildman–Crippen MR) is 105 cm³/mol. The summed E-state index contributed by atoms with van der Waals surface area (Å²) in [7, 11) is 0. The third kappa shape index (κ3) is 3.60. The molecule has 1 amide bonds. The molecule has 0 unspecified atom stereocenters. The fourth-order valence-corrected chi connectivity index (χ4v) is 3.23. The zero-order chi connectivity index (χ0) is 19.5. The number of rotatable bonds is 5. The molecule has 1 aliphatic rings. The summed E-state index contributed by atoms with van der Waals surface area (Å²) in [6.07, 6.45) is 0.00644. The molecule has 5 nitrogen and oxygen atoms in total. The van der Waals surface area contributed by atoms with Crippen LogP contribution in [0.4, 0.5) is 0 Å². The number of Topliss-reactive ketones (excluding diaryl/α,β-unsaturated/α-hetero) is 1. The first kappa shape index (κ1) is 17.8. The third-order valence-corrected chi connectivity index (χ3v) is 4.69. The molecule has 1 atom stereocenters. The first-order valence-electron chi connectivity index (χ1n) is 9.03. The maximum atomic E-state index is 12.0. The monoisotopic (exact) mass is 373 g/mol. The van der Waals surface area contributed by atoms with Gasteiger partial charge >= 0.3 is 0 Å². The van der Waals surface area contributed by atoms with Crippen LogP contribution in [0.5, 0.6) is 11.5 Å². The second-order valence-electron chi connectivity index (χ2n) is 6.57. The van der Waals surface area contributed by atoms with Gasteiger partial charge in [-0.05, 0) is 35.4 Å². The smallest absolute Gasteiger partial charge is 0.248 e. The van der Waals surface area contributed by atoms with Crippen LogP contribution in [0, 0.1) is 0 Å². The van der Waals surface area contributed by atoms with Crippen LogP contribution in [0.1, 0.15) is 44.4 Å². The zero-order valence-electron chi connectivity index (χ0n) is 15.1. The summed E-state index contributed by atoms with van der Waals surface area (Å²) in [4.78, 5) is 23.3. The van der Waals surface area contributed by atoms with Crippen LogP contribution in [0.2, 0.25) is 0 Å². The average molecular weight is 373 g/mol. The number of primary amides is 1. The van der Waals surface area contributed by atoms with Crippen LogP contribution < -0.4 is 15.2 Å². The van der Waals surface area contributed by atoms with Crippen LogP contribution in [0.25, 0.3) is 0 Å². The molecule has 0 radical (unpaired) electrons. The van der Waals surface area contributed by atoms with Crippen molar-refractivity contribution >= 4 is 11.7 Å². The number of carbonyl (C=O) groups excluding carboxylic acids is 2. The molecule has 2 N–H and O–H groups in total. The zero-order valence-corrected chi connectivity index (χ0v) is 15.1. The fraction of sp³-hybridized carbons (Fsp3) is 0.130. The number of amides is 1. The molecule has 0 spiro atoms. The van der Waals surface area contributed by atoms with Gasteiger partial charge in [0, 0.05) is 18.1 Å². The van der Waals surface area contributed by atoms with Gasteiger partial charge in [0.1, 0.15) is 17.6 Å². The average Bonchev–Trinajstić information content (AvgIpc) is 2.73. The van der Waals surface area contributed by atoms with E-state index in [0.717, 1.165) is 11.1 Å². The summed E-state index contributed by atoms with van der Waals surface area (Å²) in [6, 6.07) is 22.1. The van der Waals surface area contributed by atoms with E-state index in [4.69, 9.17) is 15.2 Å². The van der Waals surface area contributed by atoms with Gasteiger partial charge < -0.3 is 15.2 Å². The number of ketones is 1. The largest absolute Gasteiger partial charge is 0.492 e. The van der Waals surface area contributed by atoms with Crippen molar-refractivity contribution < 1.29 is 19.1 Å². The SMILES string of the molecule is NC(=O)c1ccc([C@H](Oc2ccc3c(c2)OCCC3=O)c2ccccc2)cc1. The Morgan fingerprint density at radius 2 is 1.68 bits per heavy atom. The summed E-state index contributed by atoms with van der Waals surface area (Å²) in [5.74, 6) is 0.751. The number of fused-ring (bicyclic) bond motifs is 1. The van der Waals surface area contributed by atoms with Gasteiger partial charge in [0.15, 0.2) is 5.78 Å². The van der Waals surface area contributed by atoms with Crippen LogP contribution in [0.15, 0.2) is 72.8 Å². The van der Waals surface area contributed by atoms with Gasteiger partial charge in [-0.3, -0.25) is 9.59 Å². The van der Waals surface area contributed by atoms with Crippen LogP contribution in [-0.2, 0) is 0 Å². The first-order chi connectivity index (χ1) is 13.6. The van der Waals surface area contributed by atoms with E-state index < -0.39 is 5.91 Å². The van der Waals surface area contributed by atoms with E-state index >= 15 is 0 Å². The minimum Gasteiger partial charge on any atom is -0.492 e. The maximum Gasteiger partial charge on any atom is 0.248 e. The van der Waals surface area contributed by atoms with Crippen molar-refractivity contribution in [2.24, 2.45) is 5.73 Å². The Hall–Kier alpha value is -3.60. The molecule has 3 aromatic carbocycles. The van der Waals surface area contributed by atoms with Crippen molar-refractivity contribution in [1.29, 1.82) is 0 Å². The normalized spacial score (nSPS) is 13.9. The van der Waals surface area contributed by atoms with E-state index in [1.54, 1.807) is 30.3 Å². The highest BCUT2D eigenvalue weighted by Gasteiger charge is 2.21. The van der Waals surface area contributed by atoms with E-state index in [0.29, 0.717) is 35.7 Å². The molecule has 0 fully saturated rings. The highest BCUT2D eigenvalue weighted by atomic mass is 16.5. The Morgan fingerprint density at radius 1 is 0.964 bits per heavy atom. The molecule has 1 aliphatic heterocycles. The Labute approximate surface area is 162 Å². The topological polar surface area (TPSA) is 78.6 Å². The molecule has 1 heterocycles. The van der Waals surface area contributed by atoms with Gasteiger partial charge in [-0.1, -0.05) is 42.5 Å². The second-order valence-corrected chi connectivity index (χ2v) is 6.57. The molecule has 0 aliphatic carbocycles. The number of hydrogen-bond acceptors (Lipinski definition) is 4. The van der Waals surface area contributed by atoms with Crippen molar-refractivity contribution in [2.75, 3.05) is 6.61 Å². The van der Waals surface area contributed by atoms with E-state index in [1.165, 1.54) is 0 Å². The molecule has 140 valence electrons. The summed E-state index contributed by atoms with van der Waals surface area (Å²) in [5, 5.41) is 0. The van der Waals surface area contributed by atoms with Gasteiger partial charge in [-0.2, -0.15) is 0 Å². The van der Waals surface area contributed by atoms with Gasteiger partial charge in [0.2, 0.25) is 5.91 Å². The van der Waals surface area contributed by atoms with Crippen molar-refractivity contribution in [2.45, 2.75) is 12.5 Å². The molecular formula is C23H19NO4. The number of nitrogens with two attached hydrogens (primary N) is 1. The minimum absolute atomic E-state index is 0.0782. The van der Waals surface area contributed by atoms with Crippen molar-refractivity contribution in [3.8, 4) is 11.5 Å². The van der Waals surface area contributed by atoms with Crippen molar-refractivity contribution in [3.05, 3.63) is 95.1 Å². The van der Waals surface area contributed by atoms with Crippen molar-refractivity contribution in [3.63, 3.8) is 0 Å². The Kier molecular flexibility index (Phi) is 4.81.